The van der Waals surface area contributed by atoms with Gasteiger partial charge in [0.1, 0.15) is 0 Å². The lowest BCUT2D eigenvalue weighted by molar-refractivity contribution is 1.48. The van der Waals surface area contributed by atoms with Gasteiger partial charge in [0.05, 0.1) is 0 Å². The zero-order valence-electron chi connectivity index (χ0n) is 5.76. The van der Waals surface area contributed by atoms with Gasteiger partial charge in [0, 0.05) is 0 Å². The van der Waals surface area contributed by atoms with Crippen molar-refractivity contribution in [2.75, 3.05) is 5.83 Å². The van der Waals surface area contributed by atoms with E-state index in [0.29, 0.717) is 0 Å². The second-order valence-electron chi connectivity index (χ2n) is 1.65. The minimum absolute atomic E-state index is 1.32. The van der Waals surface area contributed by atoms with Crippen molar-refractivity contribution >= 4 is 15.9 Å². The average molecular weight is 187 g/mol. The fraction of sp³-hybridized carbons (Fsp3) is 0.250. The second-order valence-corrected chi connectivity index (χ2v) is 1.65. The molecule has 0 amide bonds. The molecule has 1 aromatic carbocycles. The lowest BCUT2D eigenvalue weighted by Gasteiger charge is -1.82. The van der Waals surface area contributed by atoms with Crippen LogP contribution in [0.1, 0.15) is 5.56 Å². The van der Waals surface area contributed by atoms with Crippen LogP contribution in [0.2, 0.25) is 0 Å². The molecule has 0 fully saturated rings. The van der Waals surface area contributed by atoms with Crippen molar-refractivity contribution < 1.29 is 0 Å². The van der Waals surface area contributed by atoms with Gasteiger partial charge in [-0.05, 0) is 12.8 Å². The van der Waals surface area contributed by atoms with Gasteiger partial charge in [-0.1, -0.05) is 51.8 Å². The Hall–Kier alpha value is -0.300. The highest BCUT2D eigenvalue weighted by molar-refractivity contribution is 9.08. The molecule has 0 aliphatic carbocycles. The predicted molar refractivity (Wildman–Crippen MR) is 46.0 cm³/mol. The summed E-state index contributed by atoms with van der Waals surface area (Å²) in [6.07, 6.45) is 0. The quantitative estimate of drug-likeness (QED) is 0.547. The van der Waals surface area contributed by atoms with Crippen LogP contribution in [-0.4, -0.2) is 5.83 Å². The number of benzene rings is 1. The third-order valence-electron chi connectivity index (χ3n) is 0.940. The maximum absolute atomic E-state index is 2.94. The van der Waals surface area contributed by atoms with Gasteiger partial charge >= 0.3 is 0 Å². The van der Waals surface area contributed by atoms with E-state index >= 15 is 0 Å². The van der Waals surface area contributed by atoms with Gasteiger partial charge in [-0.3, -0.25) is 0 Å². The van der Waals surface area contributed by atoms with Crippen LogP contribution in [0.4, 0.5) is 0 Å². The van der Waals surface area contributed by atoms with E-state index in [4.69, 9.17) is 0 Å². The molecule has 0 aliphatic rings. The molecule has 0 saturated heterocycles. The highest BCUT2D eigenvalue weighted by Crippen LogP contribution is 1.92. The molecule has 0 aliphatic heterocycles. The van der Waals surface area contributed by atoms with E-state index in [1.807, 2.05) is 24.0 Å². The summed E-state index contributed by atoms with van der Waals surface area (Å²) in [7, 11) is 0. The smallest absolute Gasteiger partial charge is 0.00848 e. The first-order valence-electron chi connectivity index (χ1n) is 2.79. The van der Waals surface area contributed by atoms with Crippen molar-refractivity contribution in [3.05, 3.63) is 35.9 Å². The number of rotatable bonds is 0. The van der Waals surface area contributed by atoms with Gasteiger partial charge in [-0.15, -0.1) is 0 Å². The summed E-state index contributed by atoms with van der Waals surface area (Å²) in [6, 6.07) is 10.3. The number of halogens is 1. The van der Waals surface area contributed by atoms with Crippen molar-refractivity contribution in [3.8, 4) is 0 Å². The topological polar surface area (TPSA) is 0 Å². The molecule has 0 saturated carbocycles. The molecule has 50 valence electrons. The lowest BCUT2D eigenvalue weighted by atomic mass is 10.2. The number of hydrogen-bond acceptors (Lipinski definition) is 0. The monoisotopic (exact) mass is 186 g/mol. The third kappa shape index (κ3) is 4.22. The fourth-order valence-electron chi connectivity index (χ4n) is 0.534. The van der Waals surface area contributed by atoms with E-state index < -0.39 is 0 Å². The first-order chi connectivity index (χ1) is 4.39. The van der Waals surface area contributed by atoms with E-state index in [1.54, 1.807) is 0 Å². The van der Waals surface area contributed by atoms with Gasteiger partial charge in [0.15, 0.2) is 0 Å². The molecule has 0 atom stereocenters. The summed E-state index contributed by atoms with van der Waals surface area (Å²) >= 11 is 2.94. The Balaban J connectivity index is 0.000000291. The summed E-state index contributed by atoms with van der Waals surface area (Å²) < 4.78 is 0. The molecule has 1 aromatic rings. The average Bonchev–Trinajstić information content (AvgIpc) is 1.94. The molecule has 0 nitrogen and oxygen atoms in total. The van der Waals surface area contributed by atoms with Gasteiger partial charge in [-0.2, -0.15) is 0 Å². The van der Waals surface area contributed by atoms with Crippen LogP contribution in [0.25, 0.3) is 0 Å². The summed E-state index contributed by atoms with van der Waals surface area (Å²) in [5.74, 6) is 1.81. The molecule has 1 rings (SSSR count). The largest absolute Gasteiger partial charge is 0.0966 e. The van der Waals surface area contributed by atoms with Crippen LogP contribution < -0.4 is 0 Å². The maximum atomic E-state index is 2.94. The molecule has 0 heterocycles. The minimum Gasteiger partial charge on any atom is -0.0966 e. The molecule has 1 heteroatoms. The molecule has 0 unspecified atom stereocenters. The molecule has 0 radical (unpaired) electrons. The zero-order chi connectivity index (χ0) is 7.11. The van der Waals surface area contributed by atoms with Crippen LogP contribution in [0.5, 0.6) is 0 Å². The SMILES string of the molecule is CBr.Cc1ccccc1. The van der Waals surface area contributed by atoms with E-state index in [2.05, 4.69) is 35.0 Å². The Morgan fingerprint density at radius 3 is 1.67 bits per heavy atom. The minimum atomic E-state index is 1.32. The van der Waals surface area contributed by atoms with Crippen LogP contribution in [0.3, 0.4) is 0 Å². The van der Waals surface area contributed by atoms with E-state index in [-0.39, 0.29) is 0 Å². The normalized spacial score (nSPS) is 7.44. The second kappa shape index (κ2) is 5.83. The van der Waals surface area contributed by atoms with E-state index in [0.717, 1.165) is 0 Å². The van der Waals surface area contributed by atoms with Gasteiger partial charge in [0.2, 0.25) is 0 Å². The molecule has 0 N–H and O–H groups in total. The molecule has 9 heavy (non-hydrogen) atoms. The predicted octanol–water partition coefficient (Wildman–Crippen LogP) is 3.01. The Kier molecular flexibility index (Phi) is 5.64. The van der Waals surface area contributed by atoms with Gasteiger partial charge in [-0.25, -0.2) is 0 Å². The molecule has 0 aromatic heterocycles. The Labute approximate surface area is 65.0 Å². The van der Waals surface area contributed by atoms with Crippen molar-refractivity contribution in [1.29, 1.82) is 0 Å². The molecule has 0 bridgehead atoms. The lowest BCUT2D eigenvalue weighted by Crippen LogP contribution is -1.62. The zero-order valence-corrected chi connectivity index (χ0v) is 7.35. The van der Waals surface area contributed by atoms with Crippen molar-refractivity contribution in [1.82, 2.24) is 0 Å². The standard InChI is InChI=1S/C7H8.CH3Br/c1-7-5-3-2-4-6-7;1-2/h2-6H,1H3;1H3. The Bertz CT molecular complexity index is 134. The van der Waals surface area contributed by atoms with Crippen molar-refractivity contribution in [2.45, 2.75) is 6.92 Å². The van der Waals surface area contributed by atoms with Crippen LogP contribution in [0.15, 0.2) is 30.3 Å². The van der Waals surface area contributed by atoms with Crippen molar-refractivity contribution in [3.63, 3.8) is 0 Å². The fourth-order valence-corrected chi connectivity index (χ4v) is 0.534. The number of aryl methyl sites for hydroxylation is 1. The third-order valence-corrected chi connectivity index (χ3v) is 0.940. The van der Waals surface area contributed by atoms with E-state index in [9.17, 15) is 0 Å². The summed E-state index contributed by atoms with van der Waals surface area (Å²) in [5, 5.41) is 0. The van der Waals surface area contributed by atoms with Crippen LogP contribution >= 0.6 is 15.9 Å². The highest BCUT2D eigenvalue weighted by Gasteiger charge is 1.72. The molecular weight excluding hydrogens is 176 g/mol. The van der Waals surface area contributed by atoms with Crippen molar-refractivity contribution in [2.24, 2.45) is 0 Å². The first kappa shape index (κ1) is 8.70. The number of alkyl halides is 1. The van der Waals surface area contributed by atoms with E-state index in [1.165, 1.54) is 5.56 Å². The number of hydrogen-bond donors (Lipinski definition) is 0. The molecule has 0 spiro atoms. The Morgan fingerprint density at radius 1 is 1.00 bits per heavy atom. The summed E-state index contributed by atoms with van der Waals surface area (Å²) in [4.78, 5) is 0. The van der Waals surface area contributed by atoms with Gasteiger partial charge in [0.25, 0.3) is 0 Å². The summed E-state index contributed by atoms with van der Waals surface area (Å²) in [6.45, 7) is 2.08. The van der Waals surface area contributed by atoms with Crippen LogP contribution in [-0.2, 0) is 0 Å². The first-order valence-corrected chi connectivity index (χ1v) is 4.37. The van der Waals surface area contributed by atoms with Gasteiger partial charge < -0.3 is 0 Å². The summed E-state index contributed by atoms with van der Waals surface area (Å²) in [5.41, 5.74) is 1.32. The highest BCUT2D eigenvalue weighted by atomic mass is 79.9. The molecular formula is C8H11Br. The Morgan fingerprint density at radius 2 is 1.44 bits per heavy atom. The van der Waals surface area contributed by atoms with Crippen LogP contribution in [0, 0.1) is 6.92 Å². The maximum Gasteiger partial charge on any atom is -0.00848 e.